The normalized spacial score (nSPS) is 10.4. The molecule has 2 rings (SSSR count). The lowest BCUT2D eigenvalue weighted by Crippen LogP contribution is -2.30. The van der Waals surface area contributed by atoms with Crippen molar-refractivity contribution in [2.24, 2.45) is 0 Å². The Bertz CT molecular complexity index is 560. The number of rotatable bonds is 7. The van der Waals surface area contributed by atoms with Gasteiger partial charge in [0.05, 0.1) is 13.1 Å². The maximum absolute atomic E-state index is 10.8. The molecule has 0 spiro atoms. The van der Waals surface area contributed by atoms with E-state index in [4.69, 9.17) is 9.63 Å². The Hall–Kier alpha value is -1.92. The summed E-state index contributed by atoms with van der Waals surface area (Å²) in [6, 6.07) is 9.48. The summed E-state index contributed by atoms with van der Waals surface area (Å²) < 4.78 is 5.20. The first-order valence-corrected chi connectivity index (χ1v) is 6.51. The number of carboxylic acid groups (broad SMARTS) is 1. The van der Waals surface area contributed by atoms with Crippen LogP contribution in [0.1, 0.15) is 19.2 Å². The minimum Gasteiger partial charge on any atom is -0.480 e. The summed E-state index contributed by atoms with van der Waals surface area (Å²) in [5.74, 6) is 0.0937. The SMILES string of the molecule is CCCN(CC(=O)O)Cc1noc(-c2ccccc2)n1.Cl. The Kier molecular flexibility index (Phi) is 6.84. The Balaban J connectivity index is 0.00000220. The average Bonchev–Trinajstić information content (AvgIpc) is 2.88. The molecular weight excluding hydrogens is 294 g/mol. The van der Waals surface area contributed by atoms with Crippen molar-refractivity contribution in [3.63, 3.8) is 0 Å². The van der Waals surface area contributed by atoms with E-state index in [1.54, 1.807) is 4.90 Å². The van der Waals surface area contributed by atoms with Gasteiger partial charge in [0.1, 0.15) is 0 Å². The van der Waals surface area contributed by atoms with Gasteiger partial charge in [0.25, 0.3) is 5.89 Å². The largest absolute Gasteiger partial charge is 0.480 e. The van der Waals surface area contributed by atoms with Crippen LogP contribution in [0, 0.1) is 0 Å². The van der Waals surface area contributed by atoms with Gasteiger partial charge in [-0.05, 0) is 25.1 Å². The molecule has 0 bridgehead atoms. The van der Waals surface area contributed by atoms with E-state index in [9.17, 15) is 4.79 Å². The number of carboxylic acids is 1. The van der Waals surface area contributed by atoms with Crippen molar-refractivity contribution in [2.45, 2.75) is 19.9 Å². The van der Waals surface area contributed by atoms with E-state index >= 15 is 0 Å². The first-order chi connectivity index (χ1) is 9.69. The standard InChI is InChI=1S/C14H17N3O3.ClH/c1-2-8-17(10-13(18)19)9-12-15-14(20-16-12)11-6-4-3-5-7-11;/h3-7H,2,8-10H2,1H3,(H,18,19);1H. The lowest BCUT2D eigenvalue weighted by molar-refractivity contribution is -0.138. The summed E-state index contributed by atoms with van der Waals surface area (Å²) in [5.41, 5.74) is 0.853. The second kappa shape index (κ2) is 8.39. The number of aromatic nitrogens is 2. The van der Waals surface area contributed by atoms with Crippen LogP contribution in [-0.4, -0.2) is 39.2 Å². The Morgan fingerprint density at radius 2 is 2.05 bits per heavy atom. The highest BCUT2D eigenvalue weighted by molar-refractivity contribution is 5.85. The number of halogens is 1. The summed E-state index contributed by atoms with van der Waals surface area (Å²) >= 11 is 0. The van der Waals surface area contributed by atoms with Crippen molar-refractivity contribution in [2.75, 3.05) is 13.1 Å². The Morgan fingerprint density at radius 3 is 2.67 bits per heavy atom. The fourth-order valence-corrected chi connectivity index (χ4v) is 1.94. The summed E-state index contributed by atoms with van der Waals surface area (Å²) in [7, 11) is 0. The van der Waals surface area contributed by atoms with Crippen LogP contribution in [0.25, 0.3) is 11.5 Å². The number of hydrogen-bond acceptors (Lipinski definition) is 5. The average molecular weight is 312 g/mol. The summed E-state index contributed by atoms with van der Waals surface area (Å²) in [6.07, 6.45) is 0.872. The quantitative estimate of drug-likeness (QED) is 0.846. The van der Waals surface area contributed by atoms with Gasteiger partial charge >= 0.3 is 5.97 Å². The van der Waals surface area contributed by atoms with Crippen LogP contribution in [0.3, 0.4) is 0 Å². The second-order valence-electron chi connectivity index (χ2n) is 4.49. The highest BCUT2D eigenvalue weighted by Gasteiger charge is 2.14. The molecule has 1 heterocycles. The van der Waals surface area contributed by atoms with Crippen molar-refractivity contribution in [3.8, 4) is 11.5 Å². The monoisotopic (exact) mass is 311 g/mol. The van der Waals surface area contributed by atoms with E-state index in [-0.39, 0.29) is 19.0 Å². The molecule has 1 aromatic heterocycles. The topological polar surface area (TPSA) is 79.5 Å². The minimum atomic E-state index is -0.856. The van der Waals surface area contributed by atoms with Gasteiger partial charge in [-0.3, -0.25) is 9.69 Å². The van der Waals surface area contributed by atoms with Crippen LogP contribution in [-0.2, 0) is 11.3 Å². The van der Waals surface area contributed by atoms with Crippen LogP contribution in [0.5, 0.6) is 0 Å². The molecule has 0 radical (unpaired) electrons. The predicted octanol–water partition coefficient (Wildman–Crippen LogP) is 2.46. The van der Waals surface area contributed by atoms with E-state index in [0.717, 1.165) is 12.0 Å². The van der Waals surface area contributed by atoms with Gasteiger partial charge in [-0.15, -0.1) is 12.4 Å². The molecule has 0 amide bonds. The highest BCUT2D eigenvalue weighted by atomic mass is 35.5. The molecular formula is C14H18ClN3O3. The second-order valence-corrected chi connectivity index (χ2v) is 4.49. The van der Waals surface area contributed by atoms with Gasteiger partial charge in [0.2, 0.25) is 0 Å². The molecule has 0 atom stereocenters. The predicted molar refractivity (Wildman–Crippen MR) is 80.2 cm³/mol. The van der Waals surface area contributed by atoms with E-state index in [2.05, 4.69) is 10.1 Å². The highest BCUT2D eigenvalue weighted by Crippen LogP contribution is 2.16. The maximum Gasteiger partial charge on any atom is 0.317 e. The summed E-state index contributed by atoms with van der Waals surface area (Å²) in [5, 5.41) is 12.8. The van der Waals surface area contributed by atoms with Crippen LogP contribution < -0.4 is 0 Å². The molecule has 0 fully saturated rings. The number of benzene rings is 1. The molecule has 6 nitrogen and oxygen atoms in total. The molecule has 7 heteroatoms. The molecule has 1 aromatic carbocycles. The van der Waals surface area contributed by atoms with Gasteiger partial charge in [-0.25, -0.2) is 0 Å². The molecule has 1 N–H and O–H groups in total. The van der Waals surface area contributed by atoms with Gasteiger partial charge in [0.15, 0.2) is 5.82 Å². The van der Waals surface area contributed by atoms with Crippen LogP contribution >= 0.6 is 12.4 Å². The fraction of sp³-hybridized carbons (Fsp3) is 0.357. The van der Waals surface area contributed by atoms with Crippen LogP contribution in [0.15, 0.2) is 34.9 Å². The van der Waals surface area contributed by atoms with Crippen molar-refractivity contribution < 1.29 is 14.4 Å². The third kappa shape index (κ3) is 5.17. The number of nitrogens with zero attached hydrogens (tertiary/aromatic N) is 3. The molecule has 0 aliphatic heterocycles. The summed E-state index contributed by atoms with van der Waals surface area (Å²) in [6.45, 7) is 3.03. The van der Waals surface area contributed by atoms with Crippen LogP contribution in [0.4, 0.5) is 0 Å². The van der Waals surface area contributed by atoms with Gasteiger partial charge in [-0.2, -0.15) is 4.98 Å². The maximum atomic E-state index is 10.8. The van der Waals surface area contributed by atoms with E-state index in [1.807, 2.05) is 37.3 Å². The molecule has 0 unspecified atom stereocenters. The third-order valence-electron chi connectivity index (χ3n) is 2.75. The van der Waals surface area contributed by atoms with E-state index in [0.29, 0.717) is 24.8 Å². The van der Waals surface area contributed by atoms with Gasteiger partial charge < -0.3 is 9.63 Å². The molecule has 0 aliphatic rings. The third-order valence-corrected chi connectivity index (χ3v) is 2.75. The zero-order chi connectivity index (χ0) is 14.4. The molecule has 0 saturated carbocycles. The Labute approximate surface area is 129 Å². The van der Waals surface area contributed by atoms with E-state index in [1.165, 1.54) is 0 Å². The molecule has 114 valence electrons. The lowest BCUT2D eigenvalue weighted by Gasteiger charge is -2.16. The number of aliphatic carboxylic acids is 1. The lowest BCUT2D eigenvalue weighted by atomic mass is 10.2. The molecule has 2 aromatic rings. The van der Waals surface area contributed by atoms with Crippen molar-refractivity contribution in [1.82, 2.24) is 15.0 Å². The van der Waals surface area contributed by atoms with Crippen molar-refractivity contribution >= 4 is 18.4 Å². The molecule has 0 aliphatic carbocycles. The first kappa shape index (κ1) is 17.1. The zero-order valence-corrected chi connectivity index (χ0v) is 12.5. The smallest absolute Gasteiger partial charge is 0.317 e. The molecule has 0 saturated heterocycles. The molecule has 21 heavy (non-hydrogen) atoms. The number of hydrogen-bond donors (Lipinski definition) is 1. The van der Waals surface area contributed by atoms with Gasteiger partial charge in [-0.1, -0.05) is 30.3 Å². The minimum absolute atomic E-state index is 0. The first-order valence-electron chi connectivity index (χ1n) is 6.51. The van der Waals surface area contributed by atoms with Crippen molar-refractivity contribution in [1.29, 1.82) is 0 Å². The van der Waals surface area contributed by atoms with Crippen LogP contribution in [0.2, 0.25) is 0 Å². The van der Waals surface area contributed by atoms with E-state index < -0.39 is 5.97 Å². The van der Waals surface area contributed by atoms with Gasteiger partial charge in [0, 0.05) is 5.56 Å². The number of carbonyl (C=O) groups is 1. The fourth-order valence-electron chi connectivity index (χ4n) is 1.94. The zero-order valence-electron chi connectivity index (χ0n) is 11.7. The summed E-state index contributed by atoms with van der Waals surface area (Å²) in [4.78, 5) is 16.9. The van der Waals surface area contributed by atoms with Crippen molar-refractivity contribution in [3.05, 3.63) is 36.2 Å². The Morgan fingerprint density at radius 1 is 1.33 bits per heavy atom.